The van der Waals surface area contributed by atoms with Crippen molar-refractivity contribution in [3.8, 4) is 0 Å². The van der Waals surface area contributed by atoms with Gasteiger partial charge < -0.3 is 10.1 Å². The average molecular weight is 347 g/mol. The van der Waals surface area contributed by atoms with Crippen molar-refractivity contribution in [3.63, 3.8) is 0 Å². The molecule has 1 aliphatic carbocycles. The van der Waals surface area contributed by atoms with Crippen molar-refractivity contribution < 1.29 is 4.74 Å². The van der Waals surface area contributed by atoms with Gasteiger partial charge in [0, 0.05) is 24.5 Å². The molecular formula is C18H26N4OS. The first kappa shape index (κ1) is 16.2. The smallest absolute Gasteiger partial charge is 0.146 e. The van der Waals surface area contributed by atoms with Crippen LogP contribution in [0.3, 0.4) is 0 Å². The normalized spacial score (nSPS) is 18.5. The quantitative estimate of drug-likeness (QED) is 0.902. The number of thiophene rings is 1. The zero-order valence-corrected chi connectivity index (χ0v) is 15.4. The molecule has 0 aromatic carbocycles. The van der Waals surface area contributed by atoms with Gasteiger partial charge in [-0.25, -0.2) is 9.97 Å². The van der Waals surface area contributed by atoms with Crippen LogP contribution in [-0.4, -0.2) is 47.7 Å². The third-order valence-corrected chi connectivity index (χ3v) is 5.94. The van der Waals surface area contributed by atoms with Crippen molar-refractivity contribution in [2.45, 2.75) is 39.7 Å². The Morgan fingerprint density at radius 3 is 2.83 bits per heavy atom. The highest BCUT2D eigenvalue weighted by molar-refractivity contribution is 7.19. The summed E-state index contributed by atoms with van der Waals surface area (Å²) in [6.07, 6.45) is 3.66. The lowest BCUT2D eigenvalue weighted by molar-refractivity contribution is 0.0331. The molecule has 4 rings (SSSR count). The van der Waals surface area contributed by atoms with Crippen LogP contribution >= 0.6 is 11.3 Å². The fourth-order valence-electron chi connectivity index (χ4n) is 3.50. The number of ether oxygens (including phenoxy) is 1. The minimum absolute atomic E-state index is 0.601. The van der Waals surface area contributed by atoms with Crippen molar-refractivity contribution in [3.05, 3.63) is 16.3 Å². The van der Waals surface area contributed by atoms with E-state index in [1.54, 1.807) is 0 Å². The Kier molecular flexibility index (Phi) is 4.70. The van der Waals surface area contributed by atoms with Crippen molar-refractivity contribution in [1.82, 2.24) is 14.9 Å². The van der Waals surface area contributed by atoms with E-state index in [9.17, 15) is 0 Å². The molecule has 0 amide bonds. The highest BCUT2D eigenvalue weighted by Gasteiger charge is 2.23. The lowest BCUT2D eigenvalue weighted by atomic mass is 10.1. The van der Waals surface area contributed by atoms with Crippen molar-refractivity contribution in [2.24, 2.45) is 5.92 Å². The maximum Gasteiger partial charge on any atom is 0.146 e. The van der Waals surface area contributed by atoms with Crippen LogP contribution in [0, 0.1) is 5.92 Å². The van der Waals surface area contributed by atoms with Crippen LogP contribution in [0.2, 0.25) is 0 Å². The summed E-state index contributed by atoms with van der Waals surface area (Å²) in [6, 6.07) is 0. The first-order valence-electron chi connectivity index (χ1n) is 9.06. The van der Waals surface area contributed by atoms with Gasteiger partial charge in [-0.05, 0) is 30.7 Å². The summed E-state index contributed by atoms with van der Waals surface area (Å²) in [4.78, 5) is 14.9. The van der Waals surface area contributed by atoms with Gasteiger partial charge >= 0.3 is 0 Å². The van der Waals surface area contributed by atoms with Gasteiger partial charge in [0.25, 0.3) is 0 Å². The highest BCUT2D eigenvalue weighted by Crippen LogP contribution is 2.39. The van der Waals surface area contributed by atoms with Crippen molar-refractivity contribution >= 4 is 27.4 Å². The van der Waals surface area contributed by atoms with Crippen LogP contribution in [-0.2, 0) is 24.1 Å². The van der Waals surface area contributed by atoms with Crippen LogP contribution in [0.5, 0.6) is 0 Å². The standard InChI is InChI=1S/C18H26N4OS/c1-12(2)10-19-17-16-13-4-3-5-14(13)24-18(16)21-15(20-17)11-22-6-8-23-9-7-22/h12H,3-11H2,1-2H3,(H,19,20,21). The van der Waals surface area contributed by atoms with E-state index in [4.69, 9.17) is 14.7 Å². The maximum atomic E-state index is 5.44. The van der Waals surface area contributed by atoms with E-state index in [1.165, 1.54) is 39.9 Å². The van der Waals surface area contributed by atoms with E-state index >= 15 is 0 Å². The van der Waals surface area contributed by atoms with E-state index in [1.807, 2.05) is 11.3 Å². The SMILES string of the molecule is CC(C)CNc1nc(CN2CCOCC2)nc2sc3c(c12)CCC3. The minimum Gasteiger partial charge on any atom is -0.379 e. The lowest BCUT2D eigenvalue weighted by Crippen LogP contribution is -2.36. The third kappa shape index (κ3) is 3.27. The second-order valence-electron chi connectivity index (χ2n) is 7.19. The van der Waals surface area contributed by atoms with Crippen molar-refractivity contribution in [1.29, 1.82) is 0 Å². The molecule has 5 nitrogen and oxygen atoms in total. The van der Waals surface area contributed by atoms with Gasteiger partial charge in [0.1, 0.15) is 16.5 Å². The summed E-state index contributed by atoms with van der Waals surface area (Å²) in [6.45, 7) is 9.80. The van der Waals surface area contributed by atoms with Gasteiger partial charge in [0.2, 0.25) is 0 Å². The van der Waals surface area contributed by atoms with Crippen LogP contribution in [0.25, 0.3) is 10.2 Å². The van der Waals surface area contributed by atoms with Crippen molar-refractivity contribution in [2.75, 3.05) is 38.2 Å². The van der Waals surface area contributed by atoms with E-state index < -0.39 is 0 Å². The highest BCUT2D eigenvalue weighted by atomic mass is 32.1. The average Bonchev–Trinajstić information content (AvgIpc) is 3.14. The maximum absolute atomic E-state index is 5.44. The second-order valence-corrected chi connectivity index (χ2v) is 8.27. The Hall–Kier alpha value is -1.24. The Labute approximate surface area is 147 Å². The number of aryl methyl sites for hydroxylation is 2. The van der Waals surface area contributed by atoms with Crippen LogP contribution in [0.4, 0.5) is 5.82 Å². The van der Waals surface area contributed by atoms with E-state index in [0.29, 0.717) is 5.92 Å². The summed E-state index contributed by atoms with van der Waals surface area (Å²) >= 11 is 1.88. The topological polar surface area (TPSA) is 50.3 Å². The summed E-state index contributed by atoms with van der Waals surface area (Å²) in [5, 5.41) is 4.88. The fraction of sp³-hybridized carbons (Fsp3) is 0.667. The predicted octanol–water partition coefficient (Wildman–Crippen LogP) is 3.08. The van der Waals surface area contributed by atoms with Gasteiger partial charge in [0.05, 0.1) is 25.1 Å². The summed E-state index contributed by atoms with van der Waals surface area (Å²) < 4.78 is 5.44. The fourth-order valence-corrected chi connectivity index (χ4v) is 4.78. The molecule has 1 N–H and O–H groups in total. The number of nitrogens with zero attached hydrogens (tertiary/aromatic N) is 3. The molecule has 0 atom stereocenters. The molecule has 130 valence electrons. The lowest BCUT2D eigenvalue weighted by Gasteiger charge is -2.25. The van der Waals surface area contributed by atoms with Crippen LogP contribution in [0.15, 0.2) is 0 Å². The molecule has 6 heteroatoms. The summed E-state index contributed by atoms with van der Waals surface area (Å²) in [5.41, 5.74) is 1.50. The Morgan fingerprint density at radius 1 is 1.21 bits per heavy atom. The zero-order valence-electron chi connectivity index (χ0n) is 14.6. The molecule has 2 aliphatic rings. The van der Waals surface area contributed by atoms with Gasteiger partial charge in [0.15, 0.2) is 0 Å². The molecule has 0 radical (unpaired) electrons. The van der Waals surface area contributed by atoms with Crippen LogP contribution < -0.4 is 5.32 Å². The number of rotatable bonds is 5. The number of nitrogens with one attached hydrogen (secondary N) is 1. The molecule has 3 heterocycles. The number of aromatic nitrogens is 2. The molecule has 0 saturated carbocycles. The van der Waals surface area contributed by atoms with E-state index in [0.717, 1.165) is 51.0 Å². The Balaban J connectivity index is 1.67. The van der Waals surface area contributed by atoms with Gasteiger partial charge in [-0.2, -0.15) is 0 Å². The molecule has 2 aromatic rings. The number of morpholine rings is 1. The molecular weight excluding hydrogens is 320 g/mol. The monoisotopic (exact) mass is 346 g/mol. The minimum atomic E-state index is 0.601. The summed E-state index contributed by atoms with van der Waals surface area (Å²) in [5.74, 6) is 2.59. The molecule has 2 aromatic heterocycles. The molecule has 0 spiro atoms. The predicted molar refractivity (Wildman–Crippen MR) is 98.9 cm³/mol. The first-order valence-corrected chi connectivity index (χ1v) is 9.87. The molecule has 1 saturated heterocycles. The third-order valence-electron chi connectivity index (χ3n) is 4.76. The number of hydrogen-bond acceptors (Lipinski definition) is 6. The van der Waals surface area contributed by atoms with E-state index in [-0.39, 0.29) is 0 Å². The van der Waals surface area contributed by atoms with E-state index in [2.05, 4.69) is 24.1 Å². The number of fused-ring (bicyclic) bond motifs is 3. The Bertz CT molecular complexity index is 721. The zero-order chi connectivity index (χ0) is 16.5. The van der Waals surface area contributed by atoms with Gasteiger partial charge in [-0.3, -0.25) is 4.90 Å². The first-order chi connectivity index (χ1) is 11.7. The number of hydrogen-bond donors (Lipinski definition) is 1. The second kappa shape index (κ2) is 6.94. The van der Waals surface area contributed by atoms with Crippen LogP contribution in [0.1, 0.15) is 36.5 Å². The molecule has 0 bridgehead atoms. The van der Waals surface area contributed by atoms with Gasteiger partial charge in [-0.1, -0.05) is 13.8 Å². The molecule has 1 fully saturated rings. The number of anilines is 1. The molecule has 1 aliphatic heterocycles. The molecule has 0 unspecified atom stereocenters. The summed E-state index contributed by atoms with van der Waals surface area (Å²) in [7, 11) is 0. The Morgan fingerprint density at radius 2 is 2.04 bits per heavy atom. The van der Waals surface area contributed by atoms with Gasteiger partial charge in [-0.15, -0.1) is 11.3 Å². The molecule has 24 heavy (non-hydrogen) atoms. The largest absolute Gasteiger partial charge is 0.379 e.